The van der Waals surface area contributed by atoms with Gasteiger partial charge in [-0.05, 0) is 37.0 Å². The number of rotatable bonds is 4. The van der Waals surface area contributed by atoms with E-state index in [0.717, 1.165) is 46.6 Å². The summed E-state index contributed by atoms with van der Waals surface area (Å²) in [5.74, 6) is 0.453. The van der Waals surface area contributed by atoms with Gasteiger partial charge in [0.15, 0.2) is 5.69 Å². The van der Waals surface area contributed by atoms with E-state index in [0.29, 0.717) is 17.7 Å². The van der Waals surface area contributed by atoms with Crippen molar-refractivity contribution in [2.24, 2.45) is 5.92 Å². The number of aromatic nitrogens is 3. The Labute approximate surface area is 154 Å². The summed E-state index contributed by atoms with van der Waals surface area (Å²) < 4.78 is 0. The lowest BCUT2D eigenvalue weighted by atomic mass is 10.0. The number of nitrogens with one attached hydrogen (secondary N) is 3. The van der Waals surface area contributed by atoms with Crippen LogP contribution in [0.15, 0.2) is 30.2 Å². The lowest BCUT2D eigenvalue weighted by Crippen LogP contribution is -2.44. The summed E-state index contributed by atoms with van der Waals surface area (Å²) in [7, 11) is 0. The molecule has 6 nitrogen and oxygen atoms in total. The number of aromatic amines is 1. The van der Waals surface area contributed by atoms with E-state index >= 15 is 0 Å². The summed E-state index contributed by atoms with van der Waals surface area (Å²) in [6.45, 7) is 4.75. The Bertz CT molecular complexity index is 1010. The van der Waals surface area contributed by atoms with Gasteiger partial charge in [-0.2, -0.15) is 5.10 Å². The molecular weight excluding hydrogens is 346 g/mol. The van der Waals surface area contributed by atoms with Crippen LogP contribution in [0.5, 0.6) is 0 Å². The third-order valence-corrected chi connectivity index (χ3v) is 6.35. The number of amides is 1. The molecule has 0 spiro atoms. The second-order valence-electron chi connectivity index (χ2n) is 7.03. The van der Waals surface area contributed by atoms with Crippen molar-refractivity contribution in [3.05, 3.63) is 41.5 Å². The van der Waals surface area contributed by atoms with Crippen molar-refractivity contribution in [1.29, 1.82) is 0 Å². The number of hydrogen-bond donors (Lipinski definition) is 3. The molecule has 1 saturated heterocycles. The molecule has 3 aromatic rings. The number of thiazole rings is 1. The van der Waals surface area contributed by atoms with Gasteiger partial charge >= 0.3 is 0 Å². The van der Waals surface area contributed by atoms with Gasteiger partial charge in [-0.25, -0.2) is 4.98 Å². The van der Waals surface area contributed by atoms with Gasteiger partial charge in [0.1, 0.15) is 5.01 Å². The van der Waals surface area contributed by atoms with Crippen LogP contribution < -0.4 is 10.6 Å². The van der Waals surface area contributed by atoms with Crippen LogP contribution in [0.3, 0.4) is 0 Å². The van der Waals surface area contributed by atoms with E-state index in [4.69, 9.17) is 0 Å². The van der Waals surface area contributed by atoms with Crippen molar-refractivity contribution >= 4 is 34.2 Å². The number of H-pyrrole nitrogens is 1. The Balaban J connectivity index is 1.40. The van der Waals surface area contributed by atoms with Gasteiger partial charge in [-0.3, -0.25) is 9.89 Å². The Morgan fingerprint density at radius 2 is 2.31 bits per heavy atom. The highest BCUT2D eigenvalue weighted by molar-refractivity contribution is 7.13. The van der Waals surface area contributed by atoms with Crippen molar-refractivity contribution in [2.45, 2.75) is 24.9 Å². The fraction of sp³-hybridized carbons (Fsp3) is 0.316. The maximum atomic E-state index is 12.7. The van der Waals surface area contributed by atoms with Crippen LogP contribution in [0.2, 0.25) is 0 Å². The molecule has 0 unspecified atom stereocenters. The van der Waals surface area contributed by atoms with Crippen molar-refractivity contribution in [3.63, 3.8) is 0 Å². The van der Waals surface area contributed by atoms with E-state index in [1.54, 1.807) is 17.4 Å². The minimum atomic E-state index is -0.0928. The van der Waals surface area contributed by atoms with Crippen LogP contribution in [0, 0.1) is 5.92 Å². The zero-order valence-corrected chi connectivity index (χ0v) is 15.0. The van der Waals surface area contributed by atoms with Crippen molar-refractivity contribution < 1.29 is 4.79 Å². The molecule has 3 atom stereocenters. The van der Waals surface area contributed by atoms with Gasteiger partial charge in [0.05, 0.1) is 11.2 Å². The van der Waals surface area contributed by atoms with Crippen molar-refractivity contribution in [2.75, 3.05) is 6.54 Å². The minimum Gasteiger partial charge on any atom is -0.348 e. The van der Waals surface area contributed by atoms with Crippen LogP contribution in [0.25, 0.3) is 27.6 Å². The van der Waals surface area contributed by atoms with Crippen molar-refractivity contribution in [1.82, 2.24) is 25.8 Å². The number of nitrogens with zero attached hydrogens (tertiary/aromatic N) is 2. The van der Waals surface area contributed by atoms with Gasteiger partial charge in [0.25, 0.3) is 5.91 Å². The molecule has 2 aromatic heterocycles. The SMILES string of the molecule is C=Cc1csc(-c2ccc3c(C(=O)N[C@H]4C[C@@H]5C[C@H]4CN5)n[nH]c3c2)n1. The second kappa shape index (κ2) is 6.03. The molecule has 1 aliphatic carbocycles. The number of piperidine rings is 1. The average Bonchev–Trinajstić information content (AvgIpc) is 3.42. The average molecular weight is 365 g/mol. The topological polar surface area (TPSA) is 82.7 Å². The first-order valence-electron chi connectivity index (χ1n) is 8.82. The van der Waals surface area contributed by atoms with Gasteiger partial charge in [-0.15, -0.1) is 11.3 Å². The molecule has 3 heterocycles. The summed E-state index contributed by atoms with van der Waals surface area (Å²) in [6.07, 6.45) is 3.91. The Kier molecular flexibility index (Phi) is 3.65. The maximum Gasteiger partial charge on any atom is 0.272 e. The predicted octanol–water partition coefficient (Wildman–Crippen LogP) is 2.81. The lowest BCUT2D eigenvalue weighted by molar-refractivity contribution is 0.0921. The number of carbonyl (C=O) groups is 1. The van der Waals surface area contributed by atoms with E-state index in [-0.39, 0.29) is 11.9 Å². The molecule has 2 bridgehead atoms. The number of hydrogen-bond acceptors (Lipinski definition) is 5. The Morgan fingerprint density at radius 3 is 3.04 bits per heavy atom. The molecule has 2 fully saturated rings. The van der Waals surface area contributed by atoms with Crippen LogP contribution in [0.4, 0.5) is 0 Å². The van der Waals surface area contributed by atoms with E-state index < -0.39 is 0 Å². The third-order valence-electron chi connectivity index (χ3n) is 5.44. The first-order chi connectivity index (χ1) is 12.7. The zero-order chi connectivity index (χ0) is 17.7. The molecule has 2 aliphatic rings. The summed E-state index contributed by atoms with van der Waals surface area (Å²) in [6, 6.07) is 6.74. The normalized spacial score (nSPS) is 24.2. The van der Waals surface area contributed by atoms with Crippen LogP contribution in [-0.2, 0) is 0 Å². The molecule has 132 valence electrons. The second-order valence-corrected chi connectivity index (χ2v) is 7.89. The van der Waals surface area contributed by atoms with Gasteiger partial charge in [-0.1, -0.05) is 12.6 Å². The van der Waals surface area contributed by atoms with Gasteiger partial charge < -0.3 is 10.6 Å². The first-order valence-corrected chi connectivity index (χ1v) is 9.70. The molecular formula is C19H19N5OS. The smallest absolute Gasteiger partial charge is 0.272 e. The minimum absolute atomic E-state index is 0.0928. The first kappa shape index (κ1) is 15.7. The summed E-state index contributed by atoms with van der Waals surface area (Å²) >= 11 is 1.58. The van der Waals surface area contributed by atoms with Gasteiger partial charge in [0, 0.05) is 35.0 Å². The summed E-state index contributed by atoms with van der Waals surface area (Å²) in [5.41, 5.74) is 3.19. The molecule has 0 radical (unpaired) electrons. The maximum absolute atomic E-state index is 12.7. The molecule has 5 rings (SSSR count). The quantitative estimate of drug-likeness (QED) is 0.664. The summed E-state index contributed by atoms with van der Waals surface area (Å²) in [4.78, 5) is 17.2. The molecule has 7 heteroatoms. The van der Waals surface area contributed by atoms with Crippen LogP contribution in [0.1, 0.15) is 29.0 Å². The highest BCUT2D eigenvalue weighted by Gasteiger charge is 2.40. The third kappa shape index (κ3) is 2.55. The highest BCUT2D eigenvalue weighted by Crippen LogP contribution is 2.32. The fourth-order valence-corrected chi connectivity index (χ4v) is 4.89. The monoisotopic (exact) mass is 365 g/mol. The largest absolute Gasteiger partial charge is 0.348 e. The molecule has 3 N–H and O–H groups in total. The van der Waals surface area contributed by atoms with Crippen LogP contribution in [-0.4, -0.2) is 39.7 Å². The Hall–Kier alpha value is -2.51. The lowest BCUT2D eigenvalue weighted by Gasteiger charge is -2.23. The molecule has 1 aliphatic heterocycles. The zero-order valence-electron chi connectivity index (χ0n) is 14.2. The van der Waals surface area contributed by atoms with Crippen molar-refractivity contribution in [3.8, 4) is 10.6 Å². The summed E-state index contributed by atoms with van der Waals surface area (Å²) in [5, 5.41) is 17.7. The molecule has 1 amide bonds. The number of carbonyl (C=O) groups excluding carboxylic acids is 1. The van der Waals surface area contributed by atoms with E-state index in [2.05, 4.69) is 32.4 Å². The predicted molar refractivity (Wildman–Crippen MR) is 103 cm³/mol. The van der Waals surface area contributed by atoms with E-state index in [1.165, 1.54) is 0 Å². The van der Waals surface area contributed by atoms with E-state index in [1.807, 2.05) is 23.6 Å². The Morgan fingerprint density at radius 1 is 1.38 bits per heavy atom. The number of benzene rings is 1. The molecule has 1 aromatic carbocycles. The number of fused-ring (bicyclic) bond motifs is 3. The van der Waals surface area contributed by atoms with E-state index in [9.17, 15) is 4.79 Å². The van der Waals surface area contributed by atoms with Gasteiger partial charge in [0.2, 0.25) is 0 Å². The molecule has 26 heavy (non-hydrogen) atoms. The highest BCUT2D eigenvalue weighted by atomic mass is 32.1. The standard InChI is InChI=1S/C19H19N5OS/c1-2-12-9-26-19(21-12)10-3-4-14-16(6-10)23-24-17(14)18(25)22-15-7-13-5-11(15)8-20-13/h2-4,6,9,11,13,15,20H,1,5,7-8H2,(H,22,25)(H,23,24)/t11-,13-,15-/m0/s1. The molecule has 1 saturated carbocycles. The fourth-order valence-electron chi connectivity index (χ4n) is 4.09. The van der Waals surface area contributed by atoms with Crippen LogP contribution >= 0.6 is 11.3 Å².